The van der Waals surface area contributed by atoms with Gasteiger partial charge in [0.1, 0.15) is 11.5 Å². The van der Waals surface area contributed by atoms with Crippen LogP contribution in [0.25, 0.3) is 0 Å². The first-order valence-electron chi connectivity index (χ1n) is 5.70. The quantitative estimate of drug-likeness (QED) is 0.716. The molecule has 0 radical (unpaired) electrons. The summed E-state index contributed by atoms with van der Waals surface area (Å²) in [6.45, 7) is 3.56. The van der Waals surface area contributed by atoms with Gasteiger partial charge in [-0.3, -0.25) is 0 Å². The maximum absolute atomic E-state index is 5.79. The van der Waals surface area contributed by atoms with Crippen molar-refractivity contribution in [1.82, 2.24) is 4.90 Å². The average molecular weight is 217 g/mol. The molecule has 0 aromatic heterocycles. The van der Waals surface area contributed by atoms with Crippen LogP contribution in [-0.2, 0) is 11.2 Å². The van der Waals surface area contributed by atoms with E-state index in [2.05, 4.69) is 23.2 Å². The van der Waals surface area contributed by atoms with Crippen LogP contribution in [0.3, 0.4) is 0 Å². The van der Waals surface area contributed by atoms with Crippen molar-refractivity contribution in [3.63, 3.8) is 0 Å². The Morgan fingerprint density at radius 3 is 2.75 bits per heavy atom. The van der Waals surface area contributed by atoms with E-state index in [1.165, 1.54) is 5.56 Å². The van der Waals surface area contributed by atoms with E-state index in [0.29, 0.717) is 0 Å². The molecular weight excluding hydrogens is 202 g/mol. The Morgan fingerprint density at radius 1 is 1.12 bits per heavy atom. The van der Waals surface area contributed by atoms with Crippen molar-refractivity contribution in [2.45, 2.75) is 6.42 Å². The third-order valence-electron chi connectivity index (χ3n) is 2.95. The summed E-state index contributed by atoms with van der Waals surface area (Å²) in [6, 6.07) is 8.21. The third-order valence-corrected chi connectivity index (χ3v) is 2.95. The highest BCUT2D eigenvalue weighted by molar-refractivity contribution is 5.41. The van der Waals surface area contributed by atoms with E-state index in [1.807, 2.05) is 12.1 Å². The van der Waals surface area contributed by atoms with Crippen LogP contribution in [0.15, 0.2) is 36.2 Å². The second kappa shape index (κ2) is 4.18. The van der Waals surface area contributed by atoms with Gasteiger partial charge < -0.3 is 14.4 Å². The van der Waals surface area contributed by atoms with Gasteiger partial charge in [0.15, 0.2) is 0 Å². The fourth-order valence-corrected chi connectivity index (χ4v) is 2.10. The summed E-state index contributed by atoms with van der Waals surface area (Å²) in [5.41, 5.74) is 1.28. The zero-order valence-corrected chi connectivity index (χ0v) is 9.19. The smallest absolute Gasteiger partial charge is 0.130 e. The van der Waals surface area contributed by atoms with Crippen molar-refractivity contribution >= 4 is 0 Å². The number of fused-ring (bicyclic) bond motifs is 1. The van der Waals surface area contributed by atoms with E-state index in [9.17, 15) is 0 Å². The summed E-state index contributed by atoms with van der Waals surface area (Å²) in [5, 5.41) is 0. The van der Waals surface area contributed by atoms with E-state index >= 15 is 0 Å². The third kappa shape index (κ3) is 1.91. The molecule has 0 bridgehead atoms. The van der Waals surface area contributed by atoms with Gasteiger partial charge in [0.2, 0.25) is 0 Å². The molecule has 0 spiro atoms. The summed E-state index contributed by atoms with van der Waals surface area (Å²) in [5.74, 6) is 2.05. The zero-order chi connectivity index (χ0) is 10.8. The standard InChI is InChI=1S/C13H15NO2/c1-2-4-13-11(3-1)9-12(16-13)10-14-5-7-15-8-6-14/h1-4,10H,5-9H2. The van der Waals surface area contributed by atoms with Gasteiger partial charge >= 0.3 is 0 Å². The van der Waals surface area contributed by atoms with Crippen LogP contribution in [0.1, 0.15) is 5.56 Å². The van der Waals surface area contributed by atoms with Crippen molar-refractivity contribution in [1.29, 1.82) is 0 Å². The lowest BCUT2D eigenvalue weighted by molar-refractivity contribution is 0.0581. The van der Waals surface area contributed by atoms with Crippen molar-refractivity contribution in [2.24, 2.45) is 0 Å². The molecule has 2 aliphatic rings. The summed E-state index contributed by atoms with van der Waals surface area (Å²) < 4.78 is 11.1. The van der Waals surface area contributed by atoms with E-state index in [0.717, 1.165) is 44.2 Å². The molecule has 0 N–H and O–H groups in total. The molecule has 0 atom stereocenters. The fraction of sp³-hybridized carbons (Fsp3) is 0.385. The number of hydrogen-bond donors (Lipinski definition) is 0. The molecular formula is C13H15NO2. The second-order valence-electron chi connectivity index (χ2n) is 4.13. The highest BCUT2D eigenvalue weighted by atomic mass is 16.5. The number of ether oxygens (including phenoxy) is 2. The maximum Gasteiger partial charge on any atom is 0.130 e. The van der Waals surface area contributed by atoms with E-state index < -0.39 is 0 Å². The van der Waals surface area contributed by atoms with Gasteiger partial charge in [-0.15, -0.1) is 0 Å². The monoisotopic (exact) mass is 217 g/mol. The number of allylic oxidation sites excluding steroid dienone is 1. The van der Waals surface area contributed by atoms with E-state index in [-0.39, 0.29) is 0 Å². The Kier molecular flexibility index (Phi) is 2.54. The van der Waals surface area contributed by atoms with Gasteiger partial charge in [-0.25, -0.2) is 0 Å². The average Bonchev–Trinajstić information content (AvgIpc) is 2.72. The highest BCUT2D eigenvalue weighted by Crippen LogP contribution is 2.30. The van der Waals surface area contributed by atoms with Crippen molar-refractivity contribution < 1.29 is 9.47 Å². The molecule has 1 fully saturated rings. The lowest BCUT2D eigenvalue weighted by Gasteiger charge is -2.25. The minimum Gasteiger partial charge on any atom is -0.460 e. The number of rotatable bonds is 1. The van der Waals surface area contributed by atoms with E-state index in [1.54, 1.807) is 0 Å². The van der Waals surface area contributed by atoms with Crippen LogP contribution in [0.5, 0.6) is 5.75 Å². The first-order chi connectivity index (χ1) is 7.92. The number of benzene rings is 1. The van der Waals surface area contributed by atoms with Crippen LogP contribution in [0.2, 0.25) is 0 Å². The minimum atomic E-state index is 0.816. The number of hydrogen-bond acceptors (Lipinski definition) is 3. The number of nitrogens with zero attached hydrogens (tertiary/aromatic N) is 1. The zero-order valence-electron chi connectivity index (χ0n) is 9.19. The molecule has 1 saturated heterocycles. The van der Waals surface area contributed by atoms with Gasteiger partial charge in [-0.05, 0) is 6.07 Å². The second-order valence-corrected chi connectivity index (χ2v) is 4.13. The van der Waals surface area contributed by atoms with Gasteiger partial charge in [-0.1, -0.05) is 18.2 Å². The van der Waals surface area contributed by atoms with Crippen LogP contribution < -0.4 is 4.74 Å². The predicted molar refractivity (Wildman–Crippen MR) is 61.2 cm³/mol. The SMILES string of the molecule is C(=C1Cc2ccccc2O1)N1CCOCC1. The van der Waals surface area contributed by atoms with Crippen molar-refractivity contribution in [3.05, 3.63) is 41.8 Å². The summed E-state index contributed by atoms with van der Waals surface area (Å²) in [6.07, 6.45) is 3.04. The molecule has 3 heteroatoms. The predicted octanol–water partition coefficient (Wildman–Crippen LogP) is 1.80. The molecule has 0 aliphatic carbocycles. The van der Waals surface area contributed by atoms with Crippen LogP contribution in [-0.4, -0.2) is 31.2 Å². The van der Waals surface area contributed by atoms with Gasteiger partial charge in [0.05, 0.1) is 13.2 Å². The summed E-state index contributed by atoms with van der Waals surface area (Å²) >= 11 is 0. The van der Waals surface area contributed by atoms with Crippen LogP contribution >= 0.6 is 0 Å². The molecule has 2 aliphatic heterocycles. The highest BCUT2D eigenvalue weighted by Gasteiger charge is 2.17. The van der Waals surface area contributed by atoms with Crippen LogP contribution in [0, 0.1) is 0 Å². The van der Waals surface area contributed by atoms with Gasteiger partial charge in [-0.2, -0.15) is 0 Å². The number of para-hydroxylation sites is 1. The molecule has 84 valence electrons. The largest absolute Gasteiger partial charge is 0.460 e. The normalized spacial score (nSPS) is 22.0. The van der Waals surface area contributed by atoms with E-state index in [4.69, 9.17) is 9.47 Å². The molecule has 0 amide bonds. The Morgan fingerprint density at radius 2 is 1.94 bits per heavy atom. The Balaban J connectivity index is 1.72. The van der Waals surface area contributed by atoms with Crippen molar-refractivity contribution in [3.8, 4) is 5.75 Å². The molecule has 3 rings (SSSR count). The molecule has 3 nitrogen and oxygen atoms in total. The number of morpholine rings is 1. The Hall–Kier alpha value is -1.48. The molecule has 0 saturated carbocycles. The fourth-order valence-electron chi connectivity index (χ4n) is 2.10. The minimum absolute atomic E-state index is 0.816. The maximum atomic E-state index is 5.79. The van der Waals surface area contributed by atoms with Crippen molar-refractivity contribution in [2.75, 3.05) is 26.3 Å². The Bertz CT molecular complexity index is 381. The molecule has 1 aromatic rings. The first kappa shape index (κ1) is 9.73. The molecule has 1 aromatic carbocycles. The summed E-state index contributed by atoms with van der Waals surface area (Å²) in [7, 11) is 0. The Labute approximate surface area is 95.3 Å². The molecule has 0 unspecified atom stereocenters. The van der Waals surface area contributed by atoms with Gasteiger partial charge in [0.25, 0.3) is 0 Å². The summed E-state index contributed by atoms with van der Waals surface area (Å²) in [4.78, 5) is 2.27. The molecule has 16 heavy (non-hydrogen) atoms. The van der Waals surface area contributed by atoms with Gasteiger partial charge in [0, 0.05) is 31.3 Å². The topological polar surface area (TPSA) is 21.7 Å². The first-order valence-corrected chi connectivity index (χ1v) is 5.70. The lowest BCUT2D eigenvalue weighted by Crippen LogP contribution is -2.32. The molecule has 2 heterocycles. The lowest BCUT2D eigenvalue weighted by atomic mass is 10.1. The van der Waals surface area contributed by atoms with Crippen LogP contribution in [0.4, 0.5) is 0 Å².